The van der Waals surface area contributed by atoms with Gasteiger partial charge in [-0.2, -0.15) is 0 Å². The topological polar surface area (TPSA) is 84.3 Å². The molecule has 0 saturated heterocycles. The number of aryl methyl sites for hydroxylation is 3. The summed E-state index contributed by atoms with van der Waals surface area (Å²) in [5.74, 6) is -0.887. The predicted octanol–water partition coefficient (Wildman–Crippen LogP) is 6.62. The molecule has 0 amide bonds. The maximum absolute atomic E-state index is 12.1. The molecule has 36 heavy (non-hydrogen) atoms. The first-order valence-corrected chi connectivity index (χ1v) is 12.0. The SMILES string of the molecule is CC(=Nc1c(C)cc(C)cc1C)c1cnccn1.CC(C)(C)c1cc(Cl)c(C(C)(C)C)c([O-])c1[O-].[Ni+2]. The van der Waals surface area contributed by atoms with Crippen LogP contribution in [0.15, 0.2) is 41.8 Å². The van der Waals surface area contributed by atoms with Crippen molar-refractivity contribution in [3.8, 4) is 11.5 Å². The zero-order valence-electron chi connectivity index (χ0n) is 22.8. The van der Waals surface area contributed by atoms with Gasteiger partial charge < -0.3 is 10.2 Å². The summed E-state index contributed by atoms with van der Waals surface area (Å²) in [5.41, 5.74) is 6.50. The van der Waals surface area contributed by atoms with E-state index in [4.69, 9.17) is 11.6 Å². The molecule has 1 heterocycles. The number of halogens is 1. The van der Waals surface area contributed by atoms with E-state index in [9.17, 15) is 10.2 Å². The first kappa shape index (κ1) is 31.6. The van der Waals surface area contributed by atoms with E-state index < -0.39 is 16.9 Å². The molecule has 2 aromatic carbocycles. The van der Waals surface area contributed by atoms with Crippen LogP contribution in [-0.2, 0) is 27.3 Å². The quantitative estimate of drug-likeness (QED) is 0.264. The molecule has 0 N–H and O–H groups in total. The maximum Gasteiger partial charge on any atom is 2.00 e. The molecule has 0 fully saturated rings. The van der Waals surface area contributed by atoms with Crippen LogP contribution in [0.2, 0.25) is 5.02 Å². The smallest absolute Gasteiger partial charge is 0.873 e. The third kappa shape index (κ3) is 7.78. The molecular weight excluding hydrogens is 516 g/mol. The monoisotopic (exact) mass is 551 g/mol. The van der Waals surface area contributed by atoms with Crippen LogP contribution < -0.4 is 10.2 Å². The summed E-state index contributed by atoms with van der Waals surface area (Å²) >= 11 is 6.16. The Morgan fingerprint density at radius 2 is 1.42 bits per heavy atom. The van der Waals surface area contributed by atoms with Crippen LogP contribution in [0.3, 0.4) is 0 Å². The van der Waals surface area contributed by atoms with E-state index in [1.807, 2.05) is 48.5 Å². The number of hydrogen-bond donors (Lipinski definition) is 0. The van der Waals surface area contributed by atoms with Crippen molar-refractivity contribution >= 4 is 23.0 Å². The van der Waals surface area contributed by atoms with Crippen LogP contribution in [-0.4, -0.2) is 15.7 Å². The average molecular weight is 553 g/mol. The molecule has 0 bridgehead atoms. The molecule has 0 spiro atoms. The second kappa shape index (κ2) is 12.2. The van der Waals surface area contributed by atoms with Crippen molar-refractivity contribution < 1.29 is 26.7 Å². The molecule has 196 valence electrons. The predicted molar refractivity (Wildman–Crippen MR) is 142 cm³/mol. The number of hydrogen-bond acceptors (Lipinski definition) is 5. The third-order valence-corrected chi connectivity index (χ3v) is 5.89. The molecule has 0 radical (unpaired) electrons. The van der Waals surface area contributed by atoms with Crippen molar-refractivity contribution in [1.82, 2.24) is 9.97 Å². The van der Waals surface area contributed by atoms with Crippen molar-refractivity contribution in [1.29, 1.82) is 0 Å². The van der Waals surface area contributed by atoms with Gasteiger partial charge in [-0.1, -0.05) is 70.8 Å². The van der Waals surface area contributed by atoms with Crippen molar-refractivity contribution in [3.63, 3.8) is 0 Å². The van der Waals surface area contributed by atoms with E-state index in [-0.39, 0.29) is 21.9 Å². The summed E-state index contributed by atoms with van der Waals surface area (Å²) in [7, 11) is 0. The molecule has 0 unspecified atom stereocenters. The van der Waals surface area contributed by atoms with Crippen LogP contribution in [0.1, 0.15) is 82.0 Å². The van der Waals surface area contributed by atoms with Gasteiger partial charge in [0.05, 0.1) is 17.6 Å². The summed E-state index contributed by atoms with van der Waals surface area (Å²) < 4.78 is 0. The van der Waals surface area contributed by atoms with Gasteiger partial charge in [-0.05, 0) is 66.8 Å². The summed E-state index contributed by atoms with van der Waals surface area (Å²) in [6.07, 6.45) is 5.08. The molecular formula is C29H36ClN3NiO2. The van der Waals surface area contributed by atoms with Gasteiger partial charge in [0.1, 0.15) is 5.69 Å². The summed E-state index contributed by atoms with van der Waals surface area (Å²) in [4.78, 5) is 13.0. The maximum atomic E-state index is 12.1. The number of aromatic nitrogens is 2. The molecule has 7 heteroatoms. The van der Waals surface area contributed by atoms with Crippen molar-refractivity contribution in [2.45, 2.75) is 80.1 Å². The van der Waals surface area contributed by atoms with Crippen LogP contribution in [0, 0.1) is 20.8 Å². The molecule has 3 aromatic rings. The second-order valence-corrected chi connectivity index (χ2v) is 11.4. The Labute approximate surface area is 231 Å². The molecule has 3 rings (SSSR count). The Morgan fingerprint density at radius 1 is 0.861 bits per heavy atom. The van der Waals surface area contributed by atoms with Crippen molar-refractivity contribution in [2.24, 2.45) is 4.99 Å². The number of nitrogens with zero attached hydrogens (tertiary/aromatic N) is 3. The minimum atomic E-state index is -0.463. The van der Waals surface area contributed by atoms with Gasteiger partial charge in [-0.25, -0.2) is 0 Å². The Balaban J connectivity index is 0.000000351. The van der Waals surface area contributed by atoms with Crippen LogP contribution in [0.5, 0.6) is 11.5 Å². The zero-order chi connectivity index (χ0) is 26.7. The third-order valence-electron chi connectivity index (χ3n) is 5.59. The minimum Gasteiger partial charge on any atom is -0.873 e. The van der Waals surface area contributed by atoms with Gasteiger partial charge in [0, 0.05) is 17.4 Å². The van der Waals surface area contributed by atoms with Gasteiger partial charge in [-0.15, -0.1) is 11.5 Å². The molecule has 0 aliphatic heterocycles. The van der Waals surface area contributed by atoms with E-state index >= 15 is 0 Å². The second-order valence-electron chi connectivity index (χ2n) is 11.0. The fourth-order valence-electron chi connectivity index (χ4n) is 3.92. The summed E-state index contributed by atoms with van der Waals surface area (Å²) in [6, 6.07) is 5.94. The average Bonchev–Trinajstić information content (AvgIpc) is 2.72. The minimum absolute atomic E-state index is 0. The van der Waals surface area contributed by atoms with Gasteiger partial charge in [-0.3, -0.25) is 15.0 Å². The van der Waals surface area contributed by atoms with Gasteiger partial charge in [0.25, 0.3) is 0 Å². The van der Waals surface area contributed by atoms with Crippen LogP contribution >= 0.6 is 11.6 Å². The Morgan fingerprint density at radius 3 is 1.86 bits per heavy atom. The molecule has 0 saturated carbocycles. The standard InChI is InChI=1S/C15H17N3.C14H21ClO2.Ni/c1-10-7-11(2)15(12(3)8-10)18-13(4)14-9-16-5-6-17-14;1-13(2,3)8-7-9(15)10(14(4,5)6)12(17)11(8)16;/h5-9H,1-4H3;7,16-17H,1-6H3;/q;;+2/p-2. The van der Waals surface area contributed by atoms with E-state index in [0.29, 0.717) is 16.1 Å². The fraction of sp³-hybridized carbons (Fsp3) is 0.414. The first-order valence-electron chi connectivity index (χ1n) is 11.6. The molecule has 0 aliphatic rings. The van der Waals surface area contributed by atoms with Gasteiger partial charge >= 0.3 is 16.5 Å². The summed E-state index contributed by atoms with van der Waals surface area (Å²) in [5, 5.41) is 24.6. The number of rotatable bonds is 2. The van der Waals surface area contributed by atoms with Crippen molar-refractivity contribution in [3.05, 3.63) is 75.3 Å². The molecule has 1 aromatic heterocycles. The Hall–Kier alpha value is -2.43. The number of benzene rings is 2. The summed E-state index contributed by atoms with van der Waals surface area (Å²) in [6.45, 7) is 19.6. The van der Waals surface area contributed by atoms with E-state index in [2.05, 4.69) is 47.9 Å². The molecule has 0 aliphatic carbocycles. The Bertz CT molecular complexity index is 1200. The van der Waals surface area contributed by atoms with E-state index in [1.165, 1.54) is 16.7 Å². The Kier molecular flexibility index (Phi) is 10.7. The van der Waals surface area contributed by atoms with Gasteiger partial charge in [0.2, 0.25) is 0 Å². The number of aliphatic imine (C=N–C) groups is 1. The van der Waals surface area contributed by atoms with Crippen LogP contribution in [0.4, 0.5) is 5.69 Å². The van der Waals surface area contributed by atoms with Gasteiger partial charge in [0.15, 0.2) is 0 Å². The van der Waals surface area contributed by atoms with E-state index in [0.717, 1.165) is 17.1 Å². The zero-order valence-corrected chi connectivity index (χ0v) is 24.6. The van der Waals surface area contributed by atoms with Crippen molar-refractivity contribution in [2.75, 3.05) is 0 Å². The first-order chi connectivity index (χ1) is 16.0. The normalized spacial score (nSPS) is 11.9. The van der Waals surface area contributed by atoms with Crippen LogP contribution in [0.25, 0.3) is 0 Å². The van der Waals surface area contributed by atoms with E-state index in [1.54, 1.807) is 24.7 Å². The molecule has 0 atom stereocenters. The fourth-order valence-corrected chi connectivity index (χ4v) is 4.40. The molecule has 5 nitrogen and oxygen atoms in total. The largest absolute Gasteiger partial charge is 2.00 e.